The third kappa shape index (κ3) is 5.56. The summed E-state index contributed by atoms with van der Waals surface area (Å²) in [6.45, 7) is 10.5. The molecule has 5 heteroatoms. The summed E-state index contributed by atoms with van der Waals surface area (Å²) in [5.74, 6) is -0.0496. The molecule has 0 bridgehead atoms. The third-order valence-corrected chi connectivity index (χ3v) is 4.46. The molecule has 0 fully saturated rings. The molecule has 0 saturated heterocycles. The molecule has 0 unspecified atom stereocenters. The van der Waals surface area contributed by atoms with Crippen molar-refractivity contribution in [2.24, 2.45) is 0 Å². The first-order valence-corrected chi connectivity index (χ1v) is 9.02. The Morgan fingerprint density at radius 2 is 2.00 bits per heavy atom. The number of aromatic nitrogens is 2. The van der Waals surface area contributed by atoms with Crippen molar-refractivity contribution in [1.82, 2.24) is 15.1 Å². The molecule has 0 aliphatic carbocycles. The second kappa shape index (κ2) is 9.34. The van der Waals surface area contributed by atoms with Crippen LogP contribution in [0.5, 0.6) is 0 Å². The van der Waals surface area contributed by atoms with Crippen LogP contribution in [0.2, 0.25) is 0 Å². The first-order valence-electron chi connectivity index (χ1n) is 9.02. The van der Waals surface area contributed by atoms with Crippen molar-refractivity contribution in [2.45, 2.75) is 52.6 Å². The Labute approximate surface area is 155 Å². The smallest absolute Gasteiger partial charge is 0.220 e. The van der Waals surface area contributed by atoms with E-state index in [9.17, 15) is 9.90 Å². The Hall–Kier alpha value is -2.40. The minimum atomic E-state index is -0.266. The molecular weight excluding hydrogens is 326 g/mol. The molecule has 1 amide bonds. The molecule has 2 rings (SSSR count). The number of aryl methyl sites for hydroxylation is 1. The van der Waals surface area contributed by atoms with E-state index in [4.69, 9.17) is 0 Å². The maximum atomic E-state index is 12.3. The second-order valence-electron chi connectivity index (χ2n) is 6.90. The zero-order valence-corrected chi connectivity index (χ0v) is 16.0. The normalized spacial score (nSPS) is 12.0. The molecule has 5 nitrogen and oxygen atoms in total. The maximum absolute atomic E-state index is 12.3. The van der Waals surface area contributed by atoms with E-state index in [2.05, 4.69) is 17.0 Å². The van der Waals surface area contributed by atoms with Crippen LogP contribution in [0, 0.1) is 13.8 Å². The first kappa shape index (κ1) is 19.9. The molecule has 0 radical (unpaired) electrons. The zero-order chi connectivity index (χ0) is 19.1. The van der Waals surface area contributed by atoms with E-state index in [-0.39, 0.29) is 18.6 Å². The van der Waals surface area contributed by atoms with Crippen LogP contribution in [0.1, 0.15) is 35.9 Å². The van der Waals surface area contributed by atoms with E-state index in [0.29, 0.717) is 25.8 Å². The Morgan fingerprint density at radius 3 is 2.62 bits per heavy atom. The highest BCUT2D eigenvalue weighted by molar-refractivity contribution is 5.76. The van der Waals surface area contributed by atoms with Gasteiger partial charge in [-0.25, -0.2) is 0 Å². The summed E-state index contributed by atoms with van der Waals surface area (Å²) in [5.41, 5.74) is 5.30. The molecule has 1 aromatic carbocycles. The Kier molecular flexibility index (Phi) is 7.16. The maximum Gasteiger partial charge on any atom is 0.220 e. The lowest BCUT2D eigenvalue weighted by atomic mass is 10.1. The van der Waals surface area contributed by atoms with Crippen molar-refractivity contribution in [3.8, 4) is 0 Å². The van der Waals surface area contributed by atoms with Gasteiger partial charge in [0.05, 0.1) is 24.9 Å². The highest BCUT2D eigenvalue weighted by Gasteiger charge is 2.15. The fourth-order valence-electron chi connectivity index (χ4n) is 3.10. The number of rotatable bonds is 9. The average molecular weight is 355 g/mol. The van der Waals surface area contributed by atoms with Crippen molar-refractivity contribution in [2.75, 3.05) is 6.61 Å². The summed E-state index contributed by atoms with van der Waals surface area (Å²) in [6.07, 6.45) is 1.65. The summed E-state index contributed by atoms with van der Waals surface area (Å²) in [4.78, 5) is 12.3. The fourth-order valence-corrected chi connectivity index (χ4v) is 3.10. The Bertz CT molecular complexity index is 750. The highest BCUT2D eigenvalue weighted by Crippen LogP contribution is 2.16. The predicted octanol–water partition coefficient (Wildman–Crippen LogP) is 2.73. The number of carbonyl (C=O) groups excluding carboxylic acids is 1. The van der Waals surface area contributed by atoms with Crippen molar-refractivity contribution in [3.63, 3.8) is 0 Å². The molecule has 2 N–H and O–H groups in total. The fraction of sp³-hybridized carbons (Fsp3) is 0.429. The Balaban J connectivity index is 1.91. The summed E-state index contributed by atoms with van der Waals surface area (Å²) < 4.78 is 1.94. The summed E-state index contributed by atoms with van der Waals surface area (Å²) >= 11 is 0. The van der Waals surface area contributed by atoms with Crippen molar-refractivity contribution < 1.29 is 9.90 Å². The average Bonchev–Trinajstić information content (AvgIpc) is 2.86. The largest absolute Gasteiger partial charge is 0.394 e. The number of carbonyl (C=O) groups is 1. The Morgan fingerprint density at radius 1 is 1.31 bits per heavy atom. The molecule has 2 aromatic rings. The molecule has 0 spiro atoms. The lowest BCUT2D eigenvalue weighted by Gasteiger charge is -2.16. The van der Waals surface area contributed by atoms with Gasteiger partial charge in [-0.05, 0) is 44.7 Å². The van der Waals surface area contributed by atoms with Crippen LogP contribution >= 0.6 is 0 Å². The molecule has 26 heavy (non-hydrogen) atoms. The predicted molar refractivity (Wildman–Crippen MR) is 104 cm³/mol. The second-order valence-corrected chi connectivity index (χ2v) is 6.90. The van der Waals surface area contributed by atoms with Crippen LogP contribution in [0.3, 0.4) is 0 Å². The molecule has 140 valence electrons. The number of hydrogen-bond donors (Lipinski definition) is 2. The third-order valence-electron chi connectivity index (χ3n) is 4.46. The van der Waals surface area contributed by atoms with E-state index in [0.717, 1.165) is 28.1 Å². The number of allylic oxidation sites excluding steroid dienone is 1. The van der Waals surface area contributed by atoms with Gasteiger partial charge in [0.1, 0.15) is 0 Å². The van der Waals surface area contributed by atoms with Gasteiger partial charge >= 0.3 is 0 Å². The highest BCUT2D eigenvalue weighted by atomic mass is 16.3. The van der Waals surface area contributed by atoms with Gasteiger partial charge in [-0.2, -0.15) is 5.10 Å². The van der Waals surface area contributed by atoms with E-state index < -0.39 is 0 Å². The van der Waals surface area contributed by atoms with Gasteiger partial charge in [0.15, 0.2) is 0 Å². The van der Waals surface area contributed by atoms with Crippen molar-refractivity contribution in [3.05, 3.63) is 65.0 Å². The molecule has 0 saturated carbocycles. The van der Waals surface area contributed by atoms with Gasteiger partial charge in [-0.15, -0.1) is 0 Å². The number of amides is 1. The van der Waals surface area contributed by atoms with Gasteiger partial charge in [-0.1, -0.05) is 42.5 Å². The van der Waals surface area contributed by atoms with Gasteiger partial charge in [-0.3, -0.25) is 9.48 Å². The van der Waals surface area contributed by atoms with Crippen molar-refractivity contribution in [1.29, 1.82) is 0 Å². The number of nitrogens with zero attached hydrogens (tertiary/aromatic N) is 2. The van der Waals surface area contributed by atoms with Crippen LogP contribution in [-0.2, 0) is 24.2 Å². The molecule has 1 heterocycles. The number of aliphatic hydroxyl groups excluding tert-OH is 1. The van der Waals surface area contributed by atoms with Crippen LogP contribution in [-0.4, -0.2) is 33.4 Å². The van der Waals surface area contributed by atoms with E-state index >= 15 is 0 Å². The lowest BCUT2D eigenvalue weighted by Crippen LogP contribution is -2.39. The minimum Gasteiger partial charge on any atom is -0.394 e. The summed E-state index contributed by atoms with van der Waals surface area (Å²) in [7, 11) is 0. The van der Waals surface area contributed by atoms with Crippen molar-refractivity contribution >= 4 is 5.91 Å². The van der Waals surface area contributed by atoms with Gasteiger partial charge in [0, 0.05) is 12.1 Å². The van der Waals surface area contributed by atoms with Crippen LogP contribution in [0.15, 0.2) is 42.5 Å². The number of benzene rings is 1. The number of aliphatic hydroxyl groups is 1. The molecule has 1 atom stereocenters. The zero-order valence-electron chi connectivity index (χ0n) is 16.0. The number of hydrogen-bond acceptors (Lipinski definition) is 3. The van der Waals surface area contributed by atoms with E-state index in [1.807, 2.05) is 55.8 Å². The van der Waals surface area contributed by atoms with Crippen LogP contribution in [0.4, 0.5) is 0 Å². The molecular formula is C21H29N3O2. The standard InChI is InChI=1S/C21H29N3O2/c1-15(2)13-24-17(4)20(16(3)23-24)10-11-21(26)22-19(14-25)12-18-8-6-5-7-9-18/h5-9,19,25H,1,10-14H2,2-4H3,(H,22,26)/t19-/m0/s1. The topological polar surface area (TPSA) is 67.2 Å². The van der Waals surface area contributed by atoms with E-state index in [1.165, 1.54) is 0 Å². The molecule has 0 aliphatic rings. The lowest BCUT2D eigenvalue weighted by molar-refractivity contribution is -0.122. The van der Waals surface area contributed by atoms with Gasteiger partial charge in [0.2, 0.25) is 5.91 Å². The molecule has 0 aliphatic heterocycles. The van der Waals surface area contributed by atoms with Gasteiger partial charge < -0.3 is 10.4 Å². The number of nitrogens with one attached hydrogen (secondary N) is 1. The minimum absolute atomic E-state index is 0.0496. The first-order chi connectivity index (χ1) is 12.4. The quantitative estimate of drug-likeness (QED) is 0.680. The van der Waals surface area contributed by atoms with Crippen LogP contribution < -0.4 is 5.32 Å². The summed E-state index contributed by atoms with van der Waals surface area (Å²) in [5, 5.41) is 17.0. The SMILES string of the molecule is C=C(C)Cn1nc(C)c(CCC(=O)N[C@H](CO)Cc2ccccc2)c1C. The monoisotopic (exact) mass is 355 g/mol. The summed E-state index contributed by atoms with van der Waals surface area (Å²) in [6, 6.07) is 9.60. The van der Waals surface area contributed by atoms with Crippen LogP contribution in [0.25, 0.3) is 0 Å². The molecule has 1 aromatic heterocycles. The van der Waals surface area contributed by atoms with Gasteiger partial charge in [0.25, 0.3) is 0 Å². The van der Waals surface area contributed by atoms with E-state index in [1.54, 1.807) is 0 Å².